The summed E-state index contributed by atoms with van der Waals surface area (Å²) in [5, 5.41) is 12.1. The van der Waals surface area contributed by atoms with Gasteiger partial charge in [0, 0.05) is 18.7 Å². The van der Waals surface area contributed by atoms with E-state index in [-0.39, 0.29) is 11.2 Å². The molecule has 0 radical (unpaired) electrons. The van der Waals surface area contributed by atoms with E-state index in [2.05, 4.69) is 34.2 Å². The van der Waals surface area contributed by atoms with Gasteiger partial charge >= 0.3 is 0 Å². The van der Waals surface area contributed by atoms with Crippen molar-refractivity contribution in [3.05, 3.63) is 78.9 Å². The molecule has 0 saturated carbocycles. The van der Waals surface area contributed by atoms with Gasteiger partial charge in [-0.3, -0.25) is 9.36 Å². The summed E-state index contributed by atoms with van der Waals surface area (Å²) in [5.74, 6) is 0.773. The fraction of sp³-hybridized carbons (Fsp3) is 0.227. The van der Waals surface area contributed by atoms with Gasteiger partial charge in [-0.25, -0.2) is 0 Å². The minimum Gasteiger partial charge on any atom is -0.355 e. The predicted molar refractivity (Wildman–Crippen MR) is 114 cm³/mol. The summed E-state index contributed by atoms with van der Waals surface area (Å²) < 4.78 is 1.99. The number of nitrogens with zero attached hydrogens (tertiary/aromatic N) is 3. The smallest absolute Gasteiger partial charge is 0.233 e. The van der Waals surface area contributed by atoms with Crippen molar-refractivity contribution >= 4 is 17.7 Å². The first-order valence-electron chi connectivity index (χ1n) is 9.27. The lowest BCUT2D eigenvalue weighted by Crippen LogP contribution is -2.32. The Hall–Kier alpha value is -2.86. The number of benzene rings is 2. The van der Waals surface area contributed by atoms with Crippen LogP contribution >= 0.6 is 11.8 Å². The maximum atomic E-state index is 12.5. The molecule has 3 rings (SSSR count). The molecular formula is C22H24N4OS. The highest BCUT2D eigenvalue weighted by Crippen LogP contribution is 2.26. The molecular weight excluding hydrogens is 368 g/mol. The van der Waals surface area contributed by atoms with E-state index in [0.717, 1.165) is 17.8 Å². The van der Waals surface area contributed by atoms with Gasteiger partial charge in [0.25, 0.3) is 0 Å². The predicted octanol–water partition coefficient (Wildman–Crippen LogP) is 3.97. The summed E-state index contributed by atoms with van der Waals surface area (Å²) in [6.45, 7) is 6.92. The Morgan fingerprint density at radius 2 is 1.82 bits per heavy atom. The molecule has 1 aromatic heterocycles. The van der Waals surface area contributed by atoms with Crippen molar-refractivity contribution in [2.45, 2.75) is 30.3 Å². The van der Waals surface area contributed by atoms with Crippen LogP contribution in [0.25, 0.3) is 11.4 Å². The topological polar surface area (TPSA) is 59.8 Å². The summed E-state index contributed by atoms with van der Waals surface area (Å²) >= 11 is 1.41. The van der Waals surface area contributed by atoms with E-state index < -0.39 is 0 Å². The third-order valence-corrected chi connectivity index (χ3v) is 5.35. The minimum atomic E-state index is -0.271. The van der Waals surface area contributed by atoms with Gasteiger partial charge in [-0.2, -0.15) is 0 Å². The number of nitrogens with one attached hydrogen (secondary N) is 1. The van der Waals surface area contributed by atoms with Crippen molar-refractivity contribution in [3.8, 4) is 11.4 Å². The maximum Gasteiger partial charge on any atom is 0.233 e. The quantitative estimate of drug-likeness (QED) is 0.442. The minimum absolute atomic E-state index is 0.00431. The van der Waals surface area contributed by atoms with Crippen molar-refractivity contribution in [1.82, 2.24) is 20.1 Å². The number of hydrogen-bond acceptors (Lipinski definition) is 4. The Balaban J connectivity index is 1.63. The highest BCUT2D eigenvalue weighted by molar-refractivity contribution is 8.00. The van der Waals surface area contributed by atoms with Gasteiger partial charge in [-0.1, -0.05) is 78.5 Å². The van der Waals surface area contributed by atoms with Crippen LogP contribution in [0.15, 0.2) is 78.5 Å². The van der Waals surface area contributed by atoms with Gasteiger partial charge < -0.3 is 5.32 Å². The molecule has 5 nitrogen and oxygen atoms in total. The average Bonchev–Trinajstić information content (AvgIpc) is 3.12. The van der Waals surface area contributed by atoms with Gasteiger partial charge in [-0.05, 0) is 18.9 Å². The third kappa shape index (κ3) is 5.10. The zero-order valence-corrected chi connectivity index (χ0v) is 16.7. The van der Waals surface area contributed by atoms with Crippen molar-refractivity contribution in [2.75, 3.05) is 6.54 Å². The van der Waals surface area contributed by atoms with Crippen LogP contribution in [0.5, 0.6) is 0 Å². The Labute approximate surface area is 169 Å². The van der Waals surface area contributed by atoms with Crippen LogP contribution in [-0.4, -0.2) is 32.5 Å². The lowest BCUT2D eigenvalue weighted by molar-refractivity contribution is -0.120. The van der Waals surface area contributed by atoms with E-state index in [1.54, 1.807) is 0 Å². The molecule has 3 aromatic rings. The second-order valence-electron chi connectivity index (χ2n) is 6.36. The van der Waals surface area contributed by atoms with Crippen LogP contribution < -0.4 is 5.32 Å². The largest absolute Gasteiger partial charge is 0.355 e. The summed E-state index contributed by atoms with van der Waals surface area (Å²) in [5.41, 5.74) is 2.20. The van der Waals surface area contributed by atoms with Crippen molar-refractivity contribution in [1.29, 1.82) is 0 Å². The van der Waals surface area contributed by atoms with Gasteiger partial charge in [0.15, 0.2) is 11.0 Å². The molecule has 1 unspecified atom stereocenters. The molecule has 6 heteroatoms. The van der Waals surface area contributed by atoms with E-state index in [0.29, 0.717) is 18.2 Å². The number of carbonyl (C=O) groups is 1. The van der Waals surface area contributed by atoms with Gasteiger partial charge in [0.2, 0.25) is 5.91 Å². The molecule has 0 spiro atoms. The SMILES string of the molecule is C=CCn1c(SC(C)C(=O)NCCc2ccccc2)nnc1-c1ccccc1. The van der Waals surface area contributed by atoms with Crippen LogP contribution in [0.1, 0.15) is 12.5 Å². The van der Waals surface area contributed by atoms with Crippen LogP contribution in [0, 0.1) is 0 Å². The molecule has 0 aliphatic heterocycles. The highest BCUT2D eigenvalue weighted by atomic mass is 32.2. The molecule has 2 aromatic carbocycles. The number of allylic oxidation sites excluding steroid dienone is 1. The van der Waals surface area contributed by atoms with Gasteiger partial charge in [0.1, 0.15) is 0 Å². The normalized spacial score (nSPS) is 11.8. The second kappa shape index (κ2) is 9.90. The molecule has 28 heavy (non-hydrogen) atoms. The van der Waals surface area contributed by atoms with E-state index in [1.807, 2.05) is 66.1 Å². The number of carbonyl (C=O) groups excluding carboxylic acids is 1. The fourth-order valence-electron chi connectivity index (χ4n) is 2.80. The van der Waals surface area contributed by atoms with Crippen LogP contribution in [0.3, 0.4) is 0 Å². The average molecular weight is 393 g/mol. The maximum absolute atomic E-state index is 12.5. The Morgan fingerprint density at radius 1 is 1.14 bits per heavy atom. The van der Waals surface area contributed by atoms with E-state index in [9.17, 15) is 4.79 Å². The van der Waals surface area contributed by atoms with Crippen LogP contribution in [0.4, 0.5) is 0 Å². The lowest BCUT2D eigenvalue weighted by atomic mass is 10.1. The highest BCUT2D eigenvalue weighted by Gasteiger charge is 2.20. The molecule has 0 saturated heterocycles. The monoisotopic (exact) mass is 392 g/mol. The van der Waals surface area contributed by atoms with E-state index >= 15 is 0 Å². The molecule has 0 fully saturated rings. The first-order chi connectivity index (χ1) is 13.7. The van der Waals surface area contributed by atoms with Gasteiger partial charge in [0.05, 0.1) is 5.25 Å². The number of aromatic nitrogens is 3. The third-order valence-electron chi connectivity index (χ3n) is 4.27. The van der Waals surface area contributed by atoms with Crippen molar-refractivity contribution < 1.29 is 4.79 Å². The molecule has 0 aliphatic carbocycles. The first kappa shape index (κ1) is 19.9. The van der Waals surface area contributed by atoms with Crippen LogP contribution in [-0.2, 0) is 17.8 Å². The number of amides is 1. The Morgan fingerprint density at radius 3 is 2.50 bits per heavy atom. The summed E-state index contributed by atoms with van der Waals surface area (Å²) in [6.07, 6.45) is 2.62. The zero-order valence-electron chi connectivity index (χ0n) is 15.9. The molecule has 1 amide bonds. The molecule has 1 atom stereocenters. The van der Waals surface area contributed by atoms with Gasteiger partial charge in [-0.15, -0.1) is 16.8 Å². The molecule has 1 N–H and O–H groups in total. The summed E-state index contributed by atoms with van der Waals surface area (Å²) in [4.78, 5) is 12.5. The number of thioether (sulfide) groups is 1. The second-order valence-corrected chi connectivity index (χ2v) is 7.67. The van der Waals surface area contributed by atoms with E-state index in [1.165, 1.54) is 17.3 Å². The number of rotatable bonds is 9. The summed E-state index contributed by atoms with van der Waals surface area (Å²) in [7, 11) is 0. The molecule has 0 bridgehead atoms. The molecule has 0 aliphatic rings. The standard InChI is InChI=1S/C22H24N4OS/c1-3-16-26-20(19-12-8-5-9-13-19)24-25-22(26)28-17(2)21(27)23-15-14-18-10-6-4-7-11-18/h3-13,17H,1,14-16H2,2H3,(H,23,27). The van der Waals surface area contributed by atoms with Crippen molar-refractivity contribution in [3.63, 3.8) is 0 Å². The van der Waals surface area contributed by atoms with Crippen molar-refractivity contribution in [2.24, 2.45) is 0 Å². The lowest BCUT2D eigenvalue weighted by Gasteiger charge is -2.13. The Kier molecular flexibility index (Phi) is 7.03. The molecule has 144 valence electrons. The summed E-state index contributed by atoms with van der Waals surface area (Å²) in [6, 6.07) is 20.0. The Bertz CT molecular complexity index is 909. The van der Waals surface area contributed by atoms with E-state index in [4.69, 9.17) is 0 Å². The van der Waals surface area contributed by atoms with Crippen LogP contribution in [0.2, 0.25) is 0 Å². The molecule has 1 heterocycles. The zero-order chi connectivity index (χ0) is 19.8. The fourth-order valence-corrected chi connectivity index (χ4v) is 3.68. The first-order valence-corrected chi connectivity index (χ1v) is 10.1. The number of hydrogen-bond donors (Lipinski definition) is 1.